The van der Waals surface area contributed by atoms with Gasteiger partial charge in [-0.1, -0.05) is 12.1 Å². The second-order valence-corrected chi connectivity index (χ2v) is 8.42. The van der Waals surface area contributed by atoms with Crippen LogP contribution in [0.15, 0.2) is 36.4 Å². The summed E-state index contributed by atoms with van der Waals surface area (Å²) in [5.74, 6) is 1.59. The molecule has 9 heteroatoms. The van der Waals surface area contributed by atoms with E-state index in [4.69, 9.17) is 23.7 Å². The van der Waals surface area contributed by atoms with Crippen LogP contribution < -0.4 is 14.2 Å². The van der Waals surface area contributed by atoms with Gasteiger partial charge in [0.1, 0.15) is 19.0 Å². The van der Waals surface area contributed by atoms with E-state index in [1.165, 1.54) is 12.0 Å². The van der Waals surface area contributed by atoms with Crippen molar-refractivity contribution in [2.45, 2.75) is 12.5 Å². The van der Waals surface area contributed by atoms with E-state index in [0.29, 0.717) is 44.3 Å². The van der Waals surface area contributed by atoms with E-state index in [9.17, 15) is 9.59 Å². The quantitative estimate of drug-likeness (QED) is 0.614. The maximum Gasteiger partial charge on any atom is 0.249 e. The Labute approximate surface area is 205 Å². The highest BCUT2D eigenvalue weighted by Crippen LogP contribution is 2.41. The van der Waals surface area contributed by atoms with Gasteiger partial charge in [0.2, 0.25) is 11.8 Å². The Morgan fingerprint density at radius 2 is 1.74 bits per heavy atom. The van der Waals surface area contributed by atoms with Crippen LogP contribution in [-0.2, 0) is 25.5 Å². The third-order valence-corrected chi connectivity index (χ3v) is 6.34. The van der Waals surface area contributed by atoms with E-state index in [2.05, 4.69) is 0 Å². The lowest BCUT2D eigenvalue weighted by Crippen LogP contribution is -2.48. The molecule has 3 aliphatic heterocycles. The Morgan fingerprint density at radius 3 is 2.46 bits per heavy atom. The fourth-order valence-electron chi connectivity index (χ4n) is 4.58. The Kier molecular flexibility index (Phi) is 8.09. The number of nitrogens with zero attached hydrogens (tertiary/aromatic N) is 2. The standard InChI is InChI=1S/C26H32N2O7/c1-31-17-25(30)27-10-11-34-12-13-35-20-6-4-18(5-7-20)26-21-15-23(33-3)22(32-2)14-19(21)8-9-28(26)24(29)16-27/h4-7,14-15,26H,8-13,16-17H2,1-3H3. The fraction of sp³-hybridized carbons (Fsp3) is 0.462. The van der Waals surface area contributed by atoms with Crippen LogP contribution in [0.25, 0.3) is 0 Å². The summed E-state index contributed by atoms with van der Waals surface area (Å²) in [7, 11) is 4.67. The molecule has 9 nitrogen and oxygen atoms in total. The van der Waals surface area contributed by atoms with Crippen LogP contribution in [0.2, 0.25) is 0 Å². The molecule has 2 aromatic rings. The van der Waals surface area contributed by atoms with Crippen molar-refractivity contribution in [3.63, 3.8) is 0 Å². The molecule has 0 aliphatic carbocycles. The predicted octanol–water partition coefficient (Wildman–Crippen LogP) is 2.06. The molecule has 3 heterocycles. The van der Waals surface area contributed by atoms with E-state index in [-0.39, 0.29) is 37.6 Å². The summed E-state index contributed by atoms with van der Waals surface area (Å²) in [6, 6.07) is 11.3. The molecule has 0 N–H and O–H groups in total. The normalized spacial score (nSPS) is 18.6. The van der Waals surface area contributed by atoms with Gasteiger partial charge in [0, 0.05) is 20.2 Å². The Hall–Kier alpha value is -3.30. The van der Waals surface area contributed by atoms with Crippen molar-refractivity contribution in [1.29, 1.82) is 0 Å². The average Bonchev–Trinajstić information content (AvgIpc) is 2.89. The molecule has 3 aliphatic rings. The average molecular weight is 485 g/mol. The molecule has 0 radical (unpaired) electrons. The molecule has 0 spiro atoms. The summed E-state index contributed by atoms with van der Waals surface area (Å²) in [6.45, 7) is 1.71. The topological polar surface area (TPSA) is 86.8 Å². The maximum atomic E-state index is 13.7. The molecule has 0 aromatic heterocycles. The van der Waals surface area contributed by atoms with E-state index < -0.39 is 0 Å². The zero-order chi connectivity index (χ0) is 24.8. The number of carbonyl (C=O) groups is 2. The lowest BCUT2D eigenvalue weighted by atomic mass is 9.87. The molecule has 0 saturated heterocycles. The minimum atomic E-state index is -0.346. The van der Waals surface area contributed by atoms with Gasteiger partial charge in [0.05, 0.1) is 40.0 Å². The number of fused-ring (bicyclic) bond motifs is 11. The van der Waals surface area contributed by atoms with Gasteiger partial charge in [-0.15, -0.1) is 0 Å². The highest BCUT2D eigenvalue weighted by atomic mass is 16.5. The number of benzene rings is 2. The maximum absolute atomic E-state index is 13.7. The van der Waals surface area contributed by atoms with Crippen molar-refractivity contribution in [2.75, 3.05) is 67.4 Å². The predicted molar refractivity (Wildman–Crippen MR) is 128 cm³/mol. The number of rotatable bonds is 4. The van der Waals surface area contributed by atoms with Crippen LogP contribution in [0.1, 0.15) is 22.7 Å². The molecule has 5 rings (SSSR count). The lowest BCUT2D eigenvalue weighted by molar-refractivity contribution is -0.144. The monoisotopic (exact) mass is 484 g/mol. The van der Waals surface area contributed by atoms with Crippen molar-refractivity contribution >= 4 is 11.8 Å². The molecule has 35 heavy (non-hydrogen) atoms. The third kappa shape index (κ3) is 5.52. The summed E-state index contributed by atoms with van der Waals surface area (Å²) >= 11 is 0. The Morgan fingerprint density at radius 1 is 1.00 bits per heavy atom. The van der Waals surface area contributed by atoms with E-state index >= 15 is 0 Å². The van der Waals surface area contributed by atoms with Crippen LogP contribution in [0, 0.1) is 0 Å². The van der Waals surface area contributed by atoms with Gasteiger partial charge in [0.25, 0.3) is 0 Å². The molecule has 0 fully saturated rings. The second kappa shape index (κ2) is 11.4. The number of amides is 2. The fourth-order valence-corrected chi connectivity index (χ4v) is 4.58. The zero-order valence-corrected chi connectivity index (χ0v) is 20.5. The molecule has 0 saturated carbocycles. The minimum absolute atomic E-state index is 0.0563. The first-order valence-electron chi connectivity index (χ1n) is 11.7. The van der Waals surface area contributed by atoms with Crippen LogP contribution in [-0.4, -0.2) is 89.0 Å². The van der Waals surface area contributed by atoms with Crippen molar-refractivity contribution in [3.8, 4) is 17.2 Å². The van der Waals surface area contributed by atoms with Crippen molar-refractivity contribution in [3.05, 3.63) is 53.1 Å². The van der Waals surface area contributed by atoms with E-state index in [1.54, 1.807) is 14.2 Å². The number of hydrogen-bond donors (Lipinski definition) is 0. The van der Waals surface area contributed by atoms with Gasteiger partial charge in [-0.2, -0.15) is 0 Å². The van der Waals surface area contributed by atoms with Crippen LogP contribution >= 0.6 is 0 Å². The van der Waals surface area contributed by atoms with Crippen LogP contribution in [0.3, 0.4) is 0 Å². The number of ether oxygens (including phenoxy) is 5. The third-order valence-electron chi connectivity index (χ3n) is 6.34. The molecule has 2 amide bonds. The van der Waals surface area contributed by atoms with Gasteiger partial charge in [0.15, 0.2) is 11.5 Å². The van der Waals surface area contributed by atoms with Gasteiger partial charge >= 0.3 is 0 Å². The van der Waals surface area contributed by atoms with Crippen LogP contribution in [0.5, 0.6) is 17.2 Å². The largest absolute Gasteiger partial charge is 0.493 e. The summed E-state index contributed by atoms with van der Waals surface area (Å²) in [5, 5.41) is 0. The molecule has 2 bridgehead atoms. The first-order chi connectivity index (χ1) is 17.0. The second-order valence-electron chi connectivity index (χ2n) is 8.42. The molecule has 188 valence electrons. The van der Waals surface area contributed by atoms with E-state index in [1.807, 2.05) is 41.3 Å². The van der Waals surface area contributed by atoms with Crippen LogP contribution in [0.4, 0.5) is 0 Å². The lowest BCUT2D eigenvalue weighted by Gasteiger charge is -2.39. The van der Waals surface area contributed by atoms with Gasteiger partial charge in [-0.3, -0.25) is 9.59 Å². The first-order valence-corrected chi connectivity index (χ1v) is 11.7. The van der Waals surface area contributed by atoms with Crippen molar-refractivity contribution in [2.24, 2.45) is 0 Å². The molecular weight excluding hydrogens is 452 g/mol. The summed E-state index contributed by atoms with van der Waals surface area (Å²) < 4.78 is 27.5. The smallest absolute Gasteiger partial charge is 0.249 e. The first kappa shape index (κ1) is 24.8. The summed E-state index contributed by atoms with van der Waals surface area (Å²) in [4.78, 5) is 29.7. The highest BCUT2D eigenvalue weighted by molar-refractivity contribution is 5.86. The summed E-state index contributed by atoms with van der Waals surface area (Å²) in [5.41, 5.74) is 3.01. The SMILES string of the molecule is COCC(=O)N1CCOCCOc2ccc(cc2)C2c3cc(OC)c(OC)cc3CCN2C(=O)C1. The molecule has 1 atom stereocenters. The number of methoxy groups -OCH3 is 3. The molecule has 1 unspecified atom stereocenters. The van der Waals surface area contributed by atoms with Crippen molar-refractivity contribution < 1.29 is 33.3 Å². The Balaban J connectivity index is 1.75. The van der Waals surface area contributed by atoms with Gasteiger partial charge in [-0.05, 0) is 47.4 Å². The zero-order valence-electron chi connectivity index (χ0n) is 20.5. The van der Waals surface area contributed by atoms with Crippen molar-refractivity contribution in [1.82, 2.24) is 9.80 Å². The number of carbonyl (C=O) groups excluding carboxylic acids is 2. The Bertz CT molecular complexity index is 1040. The number of hydrogen-bond acceptors (Lipinski definition) is 7. The highest BCUT2D eigenvalue weighted by Gasteiger charge is 2.34. The molecular formula is C26H32N2O7. The van der Waals surface area contributed by atoms with E-state index in [0.717, 1.165) is 22.4 Å². The minimum Gasteiger partial charge on any atom is -0.493 e. The summed E-state index contributed by atoms with van der Waals surface area (Å²) in [6.07, 6.45) is 0.661. The van der Waals surface area contributed by atoms with Gasteiger partial charge in [-0.25, -0.2) is 0 Å². The molecule has 2 aromatic carbocycles. The van der Waals surface area contributed by atoms with Gasteiger partial charge < -0.3 is 33.5 Å².